The summed E-state index contributed by atoms with van der Waals surface area (Å²) < 4.78 is 0. The number of hydrogen-bond donors (Lipinski definition) is 0. The SMILES string of the molecule is CC1(C)c2ccccc2C(C)(C)N1OCC/C=C/C(=O)ON1C(C)(C)c2ccccc2C1(C)C. The summed E-state index contributed by atoms with van der Waals surface area (Å²) in [6.07, 6.45) is 3.95. The van der Waals surface area contributed by atoms with Crippen molar-refractivity contribution in [2.24, 2.45) is 0 Å². The van der Waals surface area contributed by atoms with E-state index in [1.807, 2.05) is 23.3 Å². The van der Waals surface area contributed by atoms with Gasteiger partial charge in [0.1, 0.15) is 0 Å². The summed E-state index contributed by atoms with van der Waals surface area (Å²) in [6.45, 7) is 17.6. The molecular weight excluding hydrogens is 424 g/mol. The molecular formula is C29H38N2O3. The zero-order valence-electron chi connectivity index (χ0n) is 21.8. The van der Waals surface area contributed by atoms with Crippen molar-refractivity contribution in [3.05, 3.63) is 82.9 Å². The average molecular weight is 463 g/mol. The molecule has 0 amide bonds. The molecule has 0 aromatic heterocycles. The fraction of sp³-hybridized carbons (Fsp3) is 0.483. The molecule has 0 radical (unpaired) electrons. The fourth-order valence-electron chi connectivity index (χ4n) is 6.00. The minimum Gasteiger partial charge on any atom is -0.363 e. The molecule has 0 bridgehead atoms. The molecule has 0 saturated carbocycles. The van der Waals surface area contributed by atoms with Crippen LogP contribution in [-0.2, 0) is 36.6 Å². The Bertz CT molecular complexity index is 1040. The van der Waals surface area contributed by atoms with Crippen LogP contribution >= 0.6 is 0 Å². The first-order valence-corrected chi connectivity index (χ1v) is 12.1. The molecule has 0 unspecified atom stereocenters. The van der Waals surface area contributed by atoms with Gasteiger partial charge < -0.3 is 4.84 Å². The minimum atomic E-state index is -0.408. The highest BCUT2D eigenvalue weighted by Crippen LogP contribution is 2.50. The summed E-state index contributed by atoms with van der Waals surface area (Å²) in [5, 5.41) is 3.91. The maximum Gasteiger partial charge on any atom is 0.349 e. The van der Waals surface area contributed by atoms with Crippen LogP contribution in [0.5, 0.6) is 0 Å². The van der Waals surface area contributed by atoms with E-state index >= 15 is 0 Å². The smallest absolute Gasteiger partial charge is 0.349 e. The zero-order chi connectivity index (χ0) is 24.9. The first kappa shape index (κ1) is 24.6. The van der Waals surface area contributed by atoms with Crippen LogP contribution in [0.4, 0.5) is 0 Å². The minimum absolute atomic E-state index is 0.231. The lowest BCUT2D eigenvalue weighted by molar-refractivity contribution is -0.260. The predicted octanol–water partition coefficient (Wildman–Crippen LogP) is 6.29. The van der Waals surface area contributed by atoms with E-state index in [9.17, 15) is 4.79 Å². The molecule has 2 aliphatic rings. The van der Waals surface area contributed by atoms with Crippen molar-refractivity contribution < 1.29 is 14.5 Å². The Morgan fingerprint density at radius 2 is 1.09 bits per heavy atom. The summed E-state index contributed by atoms with van der Waals surface area (Å²) in [5.41, 5.74) is 3.66. The molecule has 182 valence electrons. The standard InChI is InChI=1S/C29H38N2O3/c1-26(2)21-15-9-10-16-22(21)27(3,4)30(26)33-20-14-13-19-25(32)34-31-28(5,6)23-17-11-12-18-24(23)29(31,7)8/h9-13,15-19H,14,20H2,1-8H3/b19-13+. The third kappa shape index (κ3) is 3.80. The van der Waals surface area contributed by atoms with Crippen molar-refractivity contribution >= 4 is 5.97 Å². The van der Waals surface area contributed by atoms with Crippen molar-refractivity contribution in [1.82, 2.24) is 10.1 Å². The normalized spacial score (nSPS) is 22.0. The summed E-state index contributed by atoms with van der Waals surface area (Å²) in [7, 11) is 0. The molecule has 2 aliphatic heterocycles. The summed E-state index contributed by atoms with van der Waals surface area (Å²) in [5.74, 6) is -0.372. The molecule has 4 rings (SSSR count). The van der Waals surface area contributed by atoms with Gasteiger partial charge in [-0.15, -0.1) is 5.06 Å². The van der Waals surface area contributed by atoms with Crippen molar-refractivity contribution in [3.63, 3.8) is 0 Å². The molecule has 0 N–H and O–H groups in total. The molecule has 0 aliphatic carbocycles. The van der Waals surface area contributed by atoms with E-state index in [0.717, 1.165) is 0 Å². The van der Waals surface area contributed by atoms with Crippen LogP contribution in [0.15, 0.2) is 60.7 Å². The number of hydroxylamine groups is 4. The van der Waals surface area contributed by atoms with Crippen LogP contribution < -0.4 is 0 Å². The fourth-order valence-corrected chi connectivity index (χ4v) is 6.00. The Hall–Kier alpha value is -2.47. The van der Waals surface area contributed by atoms with E-state index in [4.69, 9.17) is 9.68 Å². The second-order valence-electron chi connectivity index (χ2n) is 11.4. The summed E-state index contributed by atoms with van der Waals surface area (Å²) in [6, 6.07) is 16.8. The van der Waals surface area contributed by atoms with Gasteiger partial charge >= 0.3 is 5.97 Å². The van der Waals surface area contributed by atoms with Crippen molar-refractivity contribution in [2.45, 2.75) is 84.0 Å². The van der Waals surface area contributed by atoms with E-state index in [1.54, 1.807) is 0 Å². The van der Waals surface area contributed by atoms with E-state index in [0.29, 0.717) is 13.0 Å². The highest BCUT2D eigenvalue weighted by atomic mass is 16.7. The lowest BCUT2D eigenvalue weighted by atomic mass is 9.91. The third-order valence-electron chi connectivity index (χ3n) is 7.46. The van der Waals surface area contributed by atoms with Crippen molar-refractivity contribution in [2.75, 3.05) is 6.61 Å². The second-order valence-corrected chi connectivity index (χ2v) is 11.4. The Morgan fingerprint density at radius 3 is 1.50 bits per heavy atom. The second kappa shape index (κ2) is 8.33. The van der Waals surface area contributed by atoms with Gasteiger partial charge in [0, 0.05) is 6.08 Å². The van der Waals surface area contributed by atoms with Crippen LogP contribution in [0.1, 0.15) is 84.1 Å². The number of nitrogens with zero attached hydrogens (tertiary/aromatic N) is 2. The van der Waals surface area contributed by atoms with Crippen molar-refractivity contribution in [1.29, 1.82) is 0 Å². The zero-order valence-corrected chi connectivity index (χ0v) is 21.8. The van der Waals surface area contributed by atoms with Gasteiger partial charge in [-0.1, -0.05) is 54.6 Å². The summed E-state index contributed by atoms with van der Waals surface area (Å²) >= 11 is 0. The predicted molar refractivity (Wildman–Crippen MR) is 134 cm³/mol. The van der Waals surface area contributed by atoms with Gasteiger partial charge in [0.15, 0.2) is 0 Å². The Kier molecular flexibility index (Phi) is 6.04. The quantitative estimate of drug-likeness (QED) is 0.372. The molecule has 5 heteroatoms. The van der Waals surface area contributed by atoms with Crippen LogP contribution in [0.2, 0.25) is 0 Å². The largest absolute Gasteiger partial charge is 0.363 e. The number of fused-ring (bicyclic) bond motifs is 2. The number of hydrogen-bond acceptors (Lipinski definition) is 5. The van der Waals surface area contributed by atoms with Crippen LogP contribution in [-0.4, -0.2) is 22.7 Å². The van der Waals surface area contributed by atoms with E-state index in [1.165, 1.54) is 28.3 Å². The van der Waals surface area contributed by atoms with Gasteiger partial charge in [-0.2, -0.15) is 5.06 Å². The van der Waals surface area contributed by atoms with Gasteiger partial charge in [-0.05, 0) is 84.1 Å². The molecule has 0 atom stereocenters. The van der Waals surface area contributed by atoms with Gasteiger partial charge in [-0.25, -0.2) is 4.79 Å². The van der Waals surface area contributed by atoms with Gasteiger partial charge in [0.2, 0.25) is 0 Å². The first-order chi connectivity index (χ1) is 15.8. The van der Waals surface area contributed by atoms with Crippen LogP contribution in [0.3, 0.4) is 0 Å². The lowest BCUT2D eigenvalue weighted by Crippen LogP contribution is -2.46. The van der Waals surface area contributed by atoms with Gasteiger partial charge in [0.05, 0.1) is 28.8 Å². The van der Waals surface area contributed by atoms with Crippen LogP contribution in [0, 0.1) is 0 Å². The first-order valence-electron chi connectivity index (χ1n) is 12.1. The van der Waals surface area contributed by atoms with E-state index in [2.05, 4.69) is 96.9 Å². The summed E-state index contributed by atoms with van der Waals surface area (Å²) in [4.78, 5) is 24.8. The topological polar surface area (TPSA) is 42.0 Å². The van der Waals surface area contributed by atoms with E-state index < -0.39 is 11.1 Å². The number of rotatable bonds is 6. The molecule has 0 spiro atoms. The van der Waals surface area contributed by atoms with E-state index in [-0.39, 0.29) is 17.0 Å². The monoisotopic (exact) mass is 462 g/mol. The van der Waals surface area contributed by atoms with Crippen molar-refractivity contribution in [3.8, 4) is 0 Å². The average Bonchev–Trinajstić information content (AvgIpc) is 3.03. The Morgan fingerprint density at radius 1 is 0.706 bits per heavy atom. The van der Waals surface area contributed by atoms with Crippen LogP contribution in [0.25, 0.3) is 0 Å². The third-order valence-corrected chi connectivity index (χ3v) is 7.46. The molecule has 0 fully saturated rings. The highest BCUT2D eigenvalue weighted by molar-refractivity contribution is 5.81. The highest BCUT2D eigenvalue weighted by Gasteiger charge is 2.52. The number of carbonyl (C=O) groups is 1. The van der Waals surface area contributed by atoms with Gasteiger partial charge in [0.25, 0.3) is 0 Å². The maximum atomic E-state index is 12.7. The lowest BCUT2D eigenvalue weighted by Gasteiger charge is -2.39. The Balaban J connectivity index is 1.35. The number of carbonyl (C=O) groups excluding carboxylic acids is 1. The maximum absolute atomic E-state index is 12.7. The Labute approximate surface area is 204 Å². The molecule has 2 aromatic rings. The molecule has 2 aromatic carbocycles. The molecule has 0 saturated heterocycles. The molecule has 2 heterocycles. The number of benzene rings is 2. The molecule has 5 nitrogen and oxygen atoms in total. The van der Waals surface area contributed by atoms with Gasteiger partial charge in [-0.3, -0.25) is 4.84 Å². The molecule has 34 heavy (non-hydrogen) atoms.